The lowest BCUT2D eigenvalue weighted by Gasteiger charge is -2.17. The lowest BCUT2D eigenvalue weighted by molar-refractivity contribution is -0.119. The van der Waals surface area contributed by atoms with Gasteiger partial charge in [-0.3, -0.25) is 9.59 Å². The second kappa shape index (κ2) is 10.7. The fourth-order valence-electron chi connectivity index (χ4n) is 3.74. The first-order valence-corrected chi connectivity index (χ1v) is 12.2. The number of carbonyl (C=O) groups is 2. The molecule has 0 saturated carbocycles. The van der Waals surface area contributed by atoms with E-state index in [0.29, 0.717) is 10.6 Å². The molecule has 0 saturated heterocycles. The highest BCUT2D eigenvalue weighted by Gasteiger charge is 2.20. The Morgan fingerprint density at radius 3 is 2.40 bits per heavy atom. The predicted molar refractivity (Wildman–Crippen MR) is 142 cm³/mol. The molecule has 4 aromatic rings. The SMILES string of the molecule is Cc1cc(Cl)ccc1C(=O)NC(Cc1ccc(Nc2nc(-c3ccccc3)c(C)s2)cc1)C(N)=O. The molecular formula is C27H25ClN4O2S. The highest BCUT2D eigenvalue weighted by molar-refractivity contribution is 7.16. The van der Waals surface area contributed by atoms with E-state index in [2.05, 4.69) is 17.6 Å². The fourth-order valence-corrected chi connectivity index (χ4v) is 4.82. The van der Waals surface area contributed by atoms with Gasteiger partial charge in [-0.1, -0.05) is 54.1 Å². The van der Waals surface area contributed by atoms with Crippen molar-refractivity contribution in [2.24, 2.45) is 5.73 Å². The van der Waals surface area contributed by atoms with Gasteiger partial charge in [0, 0.05) is 33.1 Å². The van der Waals surface area contributed by atoms with Crippen molar-refractivity contribution in [3.05, 3.63) is 99.4 Å². The maximum atomic E-state index is 12.7. The third-order valence-corrected chi connectivity index (χ3v) is 6.69. The second-order valence-corrected chi connectivity index (χ2v) is 9.84. The van der Waals surface area contributed by atoms with Crippen molar-refractivity contribution in [3.63, 3.8) is 0 Å². The summed E-state index contributed by atoms with van der Waals surface area (Å²) in [6.07, 6.45) is 0.280. The molecule has 1 aromatic heterocycles. The van der Waals surface area contributed by atoms with Crippen molar-refractivity contribution in [2.45, 2.75) is 26.3 Å². The number of aromatic nitrogens is 1. The van der Waals surface area contributed by atoms with Gasteiger partial charge in [0.1, 0.15) is 6.04 Å². The first kappa shape index (κ1) is 24.4. The van der Waals surface area contributed by atoms with Crippen molar-refractivity contribution in [3.8, 4) is 11.3 Å². The molecule has 0 radical (unpaired) electrons. The molecule has 4 N–H and O–H groups in total. The number of nitrogens with one attached hydrogen (secondary N) is 2. The van der Waals surface area contributed by atoms with E-state index in [1.165, 1.54) is 0 Å². The Balaban J connectivity index is 1.42. The van der Waals surface area contributed by atoms with E-state index in [0.717, 1.165) is 38.1 Å². The normalized spacial score (nSPS) is 11.6. The van der Waals surface area contributed by atoms with Crippen molar-refractivity contribution >= 4 is 45.6 Å². The zero-order valence-corrected chi connectivity index (χ0v) is 20.9. The van der Waals surface area contributed by atoms with Crippen LogP contribution < -0.4 is 16.4 Å². The Morgan fingerprint density at radius 1 is 1.03 bits per heavy atom. The number of amides is 2. The quantitative estimate of drug-likeness (QED) is 0.289. The lowest BCUT2D eigenvalue weighted by atomic mass is 10.0. The summed E-state index contributed by atoms with van der Waals surface area (Å²) in [5, 5.41) is 7.42. The third kappa shape index (κ3) is 6.07. The number of aryl methyl sites for hydroxylation is 2. The van der Waals surface area contributed by atoms with Gasteiger partial charge in [0.15, 0.2) is 5.13 Å². The number of anilines is 2. The molecule has 0 aliphatic rings. The van der Waals surface area contributed by atoms with Gasteiger partial charge in [-0.05, 0) is 55.3 Å². The molecule has 0 spiro atoms. The van der Waals surface area contributed by atoms with E-state index in [4.69, 9.17) is 22.3 Å². The van der Waals surface area contributed by atoms with Gasteiger partial charge in [-0.25, -0.2) is 4.98 Å². The van der Waals surface area contributed by atoms with Gasteiger partial charge >= 0.3 is 0 Å². The summed E-state index contributed by atoms with van der Waals surface area (Å²) in [6, 6.07) is 21.8. The highest BCUT2D eigenvalue weighted by Crippen LogP contribution is 2.32. The summed E-state index contributed by atoms with van der Waals surface area (Å²) in [7, 11) is 0. The minimum atomic E-state index is -0.841. The Morgan fingerprint density at radius 2 is 1.74 bits per heavy atom. The van der Waals surface area contributed by atoms with Crippen LogP contribution in [0.3, 0.4) is 0 Å². The summed E-state index contributed by atoms with van der Waals surface area (Å²) in [4.78, 5) is 30.6. The van der Waals surface area contributed by atoms with Crippen LogP contribution in [0.5, 0.6) is 0 Å². The molecule has 1 atom stereocenters. The molecule has 3 aromatic carbocycles. The van der Waals surface area contributed by atoms with Gasteiger partial charge in [-0.15, -0.1) is 11.3 Å². The van der Waals surface area contributed by atoms with Crippen molar-refractivity contribution in [1.29, 1.82) is 0 Å². The molecule has 0 aliphatic carbocycles. The molecule has 1 unspecified atom stereocenters. The number of thiazole rings is 1. The molecular weight excluding hydrogens is 480 g/mol. The maximum Gasteiger partial charge on any atom is 0.252 e. The van der Waals surface area contributed by atoms with Gasteiger partial charge in [-0.2, -0.15) is 0 Å². The van der Waals surface area contributed by atoms with E-state index in [1.54, 1.807) is 36.5 Å². The Labute approximate surface area is 213 Å². The molecule has 0 aliphatic heterocycles. The third-order valence-electron chi connectivity index (χ3n) is 5.57. The Bertz CT molecular complexity index is 1350. The molecule has 1 heterocycles. The highest BCUT2D eigenvalue weighted by atomic mass is 35.5. The number of nitrogens with two attached hydrogens (primary N) is 1. The van der Waals surface area contributed by atoms with Crippen LogP contribution in [0, 0.1) is 13.8 Å². The average molecular weight is 505 g/mol. The van der Waals surface area contributed by atoms with Gasteiger partial charge in [0.05, 0.1) is 5.69 Å². The van der Waals surface area contributed by atoms with Crippen LogP contribution in [0.2, 0.25) is 5.02 Å². The number of hydrogen-bond acceptors (Lipinski definition) is 5. The molecule has 6 nitrogen and oxygen atoms in total. The zero-order chi connectivity index (χ0) is 24.9. The van der Waals surface area contributed by atoms with E-state index >= 15 is 0 Å². The van der Waals surface area contributed by atoms with E-state index in [1.807, 2.05) is 54.6 Å². The van der Waals surface area contributed by atoms with Crippen molar-refractivity contribution in [2.75, 3.05) is 5.32 Å². The molecule has 0 bridgehead atoms. The molecule has 35 heavy (non-hydrogen) atoms. The monoisotopic (exact) mass is 504 g/mol. The summed E-state index contributed by atoms with van der Waals surface area (Å²) in [6.45, 7) is 3.84. The number of benzene rings is 3. The molecule has 2 amide bonds. The average Bonchev–Trinajstić information content (AvgIpc) is 3.20. The van der Waals surface area contributed by atoms with Crippen LogP contribution in [0.1, 0.15) is 26.4 Å². The first-order chi connectivity index (χ1) is 16.8. The standard InChI is InChI=1S/C27H25ClN4O2S/c1-16-14-20(28)10-13-22(16)26(34)31-23(25(29)33)15-18-8-11-21(12-9-18)30-27-32-24(17(2)35-27)19-6-4-3-5-7-19/h3-14,23H,15H2,1-2H3,(H2,29,33)(H,30,32)(H,31,34). The maximum absolute atomic E-state index is 12.7. The number of primary amides is 1. The first-order valence-electron chi connectivity index (χ1n) is 11.1. The molecule has 4 rings (SSSR count). The summed E-state index contributed by atoms with van der Waals surface area (Å²) < 4.78 is 0. The van der Waals surface area contributed by atoms with Crippen LogP contribution in [0.4, 0.5) is 10.8 Å². The topological polar surface area (TPSA) is 97.1 Å². The van der Waals surface area contributed by atoms with Gasteiger partial charge in [0.2, 0.25) is 5.91 Å². The van der Waals surface area contributed by atoms with Crippen molar-refractivity contribution < 1.29 is 9.59 Å². The van der Waals surface area contributed by atoms with Gasteiger partial charge < -0.3 is 16.4 Å². The number of hydrogen-bond donors (Lipinski definition) is 3. The Kier molecular flexibility index (Phi) is 7.48. The molecule has 0 fully saturated rings. The number of rotatable bonds is 8. The minimum Gasteiger partial charge on any atom is -0.368 e. The lowest BCUT2D eigenvalue weighted by Crippen LogP contribution is -2.46. The summed E-state index contributed by atoms with van der Waals surface area (Å²) >= 11 is 7.56. The second-order valence-electron chi connectivity index (χ2n) is 8.20. The van der Waals surface area contributed by atoms with Crippen LogP contribution in [0.15, 0.2) is 72.8 Å². The predicted octanol–water partition coefficient (Wildman–Crippen LogP) is 5.65. The largest absolute Gasteiger partial charge is 0.368 e. The van der Waals surface area contributed by atoms with Crippen LogP contribution in [-0.2, 0) is 11.2 Å². The zero-order valence-electron chi connectivity index (χ0n) is 19.3. The number of nitrogens with zero attached hydrogens (tertiary/aromatic N) is 1. The number of halogens is 1. The molecule has 8 heteroatoms. The van der Waals surface area contributed by atoms with Crippen LogP contribution >= 0.6 is 22.9 Å². The number of carbonyl (C=O) groups excluding carboxylic acids is 2. The van der Waals surface area contributed by atoms with Crippen molar-refractivity contribution in [1.82, 2.24) is 10.3 Å². The van der Waals surface area contributed by atoms with Crippen LogP contribution in [0.25, 0.3) is 11.3 Å². The smallest absolute Gasteiger partial charge is 0.252 e. The minimum absolute atomic E-state index is 0.280. The Hall–Kier alpha value is -3.68. The summed E-state index contributed by atoms with van der Waals surface area (Å²) in [5.74, 6) is -0.964. The van der Waals surface area contributed by atoms with Crippen LogP contribution in [-0.4, -0.2) is 22.8 Å². The van der Waals surface area contributed by atoms with E-state index < -0.39 is 11.9 Å². The summed E-state index contributed by atoms with van der Waals surface area (Å²) in [5.41, 5.74) is 10.5. The van der Waals surface area contributed by atoms with E-state index in [-0.39, 0.29) is 12.3 Å². The van der Waals surface area contributed by atoms with E-state index in [9.17, 15) is 9.59 Å². The fraction of sp³-hybridized carbons (Fsp3) is 0.148. The van der Waals surface area contributed by atoms with Gasteiger partial charge in [0.25, 0.3) is 5.91 Å². The molecule has 178 valence electrons.